The molecule has 0 aliphatic rings. The largest absolute Gasteiger partial charge is 0.389 e. The van der Waals surface area contributed by atoms with Gasteiger partial charge in [-0.25, -0.2) is 4.98 Å². The van der Waals surface area contributed by atoms with Crippen molar-refractivity contribution in [1.82, 2.24) is 9.55 Å². The van der Waals surface area contributed by atoms with Crippen molar-refractivity contribution in [2.45, 2.75) is 38.5 Å². The quantitative estimate of drug-likeness (QED) is 0.753. The summed E-state index contributed by atoms with van der Waals surface area (Å²) in [7, 11) is 2.06. The lowest BCUT2D eigenvalue weighted by Crippen LogP contribution is -2.02. The predicted molar refractivity (Wildman–Crippen MR) is 79.6 cm³/mol. The number of imidazole rings is 1. The molecule has 0 unspecified atom stereocenters. The maximum atomic E-state index is 10.9. The Hall–Kier alpha value is -1.68. The highest BCUT2D eigenvalue weighted by molar-refractivity contribution is 5.79. The van der Waals surface area contributed by atoms with Crippen molar-refractivity contribution in [2.75, 3.05) is 6.61 Å². The van der Waals surface area contributed by atoms with Crippen molar-refractivity contribution < 1.29 is 9.90 Å². The first-order valence-electron chi connectivity index (χ1n) is 7.25. The topological polar surface area (TPSA) is 55.1 Å². The Balaban J connectivity index is 1.76. The van der Waals surface area contributed by atoms with Gasteiger partial charge >= 0.3 is 0 Å². The standard InChI is InChI=1S/C16H22N2O2/c1-18-15-10-7-6-9-14(15)17-16(18)11-5-3-2-4-8-13(20)12-19/h6-7,9-10,19H,2-5,8,11-12H2,1H3. The van der Waals surface area contributed by atoms with Crippen LogP contribution in [0.1, 0.15) is 37.9 Å². The summed E-state index contributed by atoms with van der Waals surface area (Å²) < 4.78 is 2.16. The van der Waals surface area contributed by atoms with Gasteiger partial charge < -0.3 is 9.67 Å². The van der Waals surface area contributed by atoms with Gasteiger partial charge in [-0.2, -0.15) is 0 Å². The van der Waals surface area contributed by atoms with Crippen molar-refractivity contribution in [1.29, 1.82) is 0 Å². The molecule has 1 aromatic carbocycles. The number of rotatable bonds is 8. The third-order valence-corrected chi connectivity index (χ3v) is 3.66. The number of ketones is 1. The van der Waals surface area contributed by atoms with Gasteiger partial charge in [-0.1, -0.05) is 25.0 Å². The third-order valence-electron chi connectivity index (χ3n) is 3.66. The number of para-hydroxylation sites is 2. The highest BCUT2D eigenvalue weighted by Crippen LogP contribution is 2.16. The molecule has 4 heteroatoms. The predicted octanol–water partition coefficient (Wildman–Crippen LogP) is 2.63. The first-order valence-corrected chi connectivity index (χ1v) is 7.25. The van der Waals surface area contributed by atoms with E-state index in [-0.39, 0.29) is 12.4 Å². The van der Waals surface area contributed by atoms with Gasteiger partial charge in [0.1, 0.15) is 12.4 Å². The van der Waals surface area contributed by atoms with Gasteiger partial charge in [-0.15, -0.1) is 0 Å². The minimum Gasteiger partial charge on any atom is -0.389 e. The maximum absolute atomic E-state index is 10.9. The van der Waals surface area contributed by atoms with Gasteiger partial charge in [0.05, 0.1) is 11.0 Å². The van der Waals surface area contributed by atoms with Gasteiger partial charge in [-0.3, -0.25) is 4.79 Å². The molecule has 0 saturated carbocycles. The number of Topliss-reactive ketones (excluding diaryl/α,β-unsaturated/α-hetero) is 1. The van der Waals surface area contributed by atoms with Crippen LogP contribution in [-0.4, -0.2) is 27.0 Å². The number of nitrogens with zero attached hydrogens (tertiary/aromatic N) is 2. The number of hydrogen-bond donors (Lipinski definition) is 1. The number of fused-ring (bicyclic) bond motifs is 1. The van der Waals surface area contributed by atoms with Crippen LogP contribution in [0.15, 0.2) is 24.3 Å². The van der Waals surface area contributed by atoms with E-state index in [1.165, 1.54) is 5.52 Å². The Morgan fingerprint density at radius 2 is 1.95 bits per heavy atom. The molecule has 0 fully saturated rings. The minimum atomic E-state index is -0.320. The Kier molecular flexibility index (Phi) is 5.30. The minimum absolute atomic E-state index is 0.0552. The smallest absolute Gasteiger partial charge is 0.158 e. The molecule has 2 aromatic rings. The molecule has 0 atom stereocenters. The number of aliphatic hydroxyl groups excluding tert-OH is 1. The average Bonchev–Trinajstić information content (AvgIpc) is 2.79. The van der Waals surface area contributed by atoms with Gasteiger partial charge in [0.2, 0.25) is 0 Å². The fraction of sp³-hybridized carbons (Fsp3) is 0.500. The van der Waals surface area contributed by atoms with E-state index in [0.717, 1.165) is 43.4 Å². The van der Waals surface area contributed by atoms with Crippen LogP contribution >= 0.6 is 0 Å². The number of aryl methyl sites for hydroxylation is 2. The molecule has 20 heavy (non-hydrogen) atoms. The highest BCUT2D eigenvalue weighted by atomic mass is 16.3. The summed E-state index contributed by atoms with van der Waals surface area (Å²) in [6, 6.07) is 8.18. The van der Waals surface area contributed by atoms with Crippen molar-refractivity contribution in [3.63, 3.8) is 0 Å². The van der Waals surface area contributed by atoms with E-state index in [2.05, 4.69) is 22.7 Å². The van der Waals surface area contributed by atoms with E-state index in [0.29, 0.717) is 6.42 Å². The average molecular weight is 274 g/mol. The van der Waals surface area contributed by atoms with Gasteiger partial charge in [-0.05, 0) is 25.0 Å². The Labute approximate surface area is 119 Å². The zero-order chi connectivity index (χ0) is 14.4. The van der Waals surface area contributed by atoms with Crippen LogP contribution in [0.25, 0.3) is 11.0 Å². The molecule has 0 saturated heterocycles. The molecule has 1 N–H and O–H groups in total. The van der Waals surface area contributed by atoms with E-state index in [9.17, 15) is 4.79 Å². The van der Waals surface area contributed by atoms with Crippen molar-refractivity contribution >= 4 is 16.8 Å². The number of carbonyl (C=O) groups is 1. The van der Waals surface area contributed by atoms with E-state index in [1.807, 2.05) is 18.2 Å². The van der Waals surface area contributed by atoms with E-state index < -0.39 is 0 Å². The van der Waals surface area contributed by atoms with Crippen LogP contribution in [0.4, 0.5) is 0 Å². The third kappa shape index (κ3) is 3.67. The lowest BCUT2D eigenvalue weighted by Gasteiger charge is -2.02. The zero-order valence-corrected chi connectivity index (χ0v) is 12.0. The maximum Gasteiger partial charge on any atom is 0.158 e. The fourth-order valence-electron chi connectivity index (χ4n) is 2.46. The summed E-state index contributed by atoms with van der Waals surface area (Å²) in [4.78, 5) is 15.6. The van der Waals surface area contributed by atoms with E-state index in [1.54, 1.807) is 0 Å². The van der Waals surface area contributed by atoms with E-state index >= 15 is 0 Å². The second kappa shape index (κ2) is 7.20. The second-order valence-electron chi connectivity index (χ2n) is 5.19. The normalized spacial score (nSPS) is 11.1. The molecule has 0 amide bonds. The molecule has 0 aliphatic carbocycles. The molecule has 0 spiro atoms. The lowest BCUT2D eigenvalue weighted by atomic mass is 10.1. The van der Waals surface area contributed by atoms with Crippen LogP contribution in [0.2, 0.25) is 0 Å². The molecule has 1 aromatic heterocycles. The Bertz CT molecular complexity index is 575. The SMILES string of the molecule is Cn1c(CCCCCCC(=O)CO)nc2ccccc21. The molecule has 1 heterocycles. The lowest BCUT2D eigenvalue weighted by molar-refractivity contribution is -0.121. The number of unbranched alkanes of at least 4 members (excludes halogenated alkanes) is 3. The molecular weight excluding hydrogens is 252 g/mol. The highest BCUT2D eigenvalue weighted by Gasteiger charge is 2.06. The number of hydrogen-bond acceptors (Lipinski definition) is 3. The van der Waals surface area contributed by atoms with Crippen LogP contribution in [0.3, 0.4) is 0 Å². The van der Waals surface area contributed by atoms with Crippen molar-refractivity contribution in [3.05, 3.63) is 30.1 Å². The van der Waals surface area contributed by atoms with Crippen LogP contribution in [0, 0.1) is 0 Å². The molecular formula is C16H22N2O2. The summed E-state index contributed by atoms with van der Waals surface area (Å²) in [6.07, 6.45) is 5.58. The summed E-state index contributed by atoms with van der Waals surface area (Å²) >= 11 is 0. The Morgan fingerprint density at radius 3 is 2.70 bits per heavy atom. The van der Waals surface area contributed by atoms with Gasteiger partial charge in [0.15, 0.2) is 5.78 Å². The second-order valence-corrected chi connectivity index (χ2v) is 5.19. The number of aromatic nitrogens is 2. The zero-order valence-electron chi connectivity index (χ0n) is 12.0. The molecule has 2 rings (SSSR count). The van der Waals surface area contributed by atoms with E-state index in [4.69, 9.17) is 5.11 Å². The molecule has 0 radical (unpaired) electrons. The molecule has 0 aliphatic heterocycles. The summed E-state index contributed by atoms with van der Waals surface area (Å²) in [5.74, 6) is 1.07. The first-order chi connectivity index (χ1) is 9.72. The first kappa shape index (κ1) is 14.7. The van der Waals surface area contributed by atoms with Crippen molar-refractivity contribution in [3.8, 4) is 0 Å². The molecule has 4 nitrogen and oxygen atoms in total. The monoisotopic (exact) mass is 274 g/mol. The van der Waals surface area contributed by atoms with Crippen LogP contribution in [0.5, 0.6) is 0 Å². The number of benzene rings is 1. The molecule has 108 valence electrons. The molecule has 0 bridgehead atoms. The summed E-state index contributed by atoms with van der Waals surface area (Å²) in [6.45, 7) is -0.320. The summed E-state index contributed by atoms with van der Waals surface area (Å²) in [5.41, 5.74) is 2.23. The Morgan fingerprint density at radius 1 is 1.20 bits per heavy atom. The number of carbonyl (C=O) groups excluding carboxylic acids is 1. The van der Waals surface area contributed by atoms with Gasteiger partial charge in [0.25, 0.3) is 0 Å². The van der Waals surface area contributed by atoms with Gasteiger partial charge in [0, 0.05) is 19.9 Å². The fourth-order valence-corrected chi connectivity index (χ4v) is 2.46. The summed E-state index contributed by atoms with van der Waals surface area (Å²) in [5, 5.41) is 8.63. The van der Waals surface area contributed by atoms with Crippen molar-refractivity contribution in [2.24, 2.45) is 7.05 Å². The van der Waals surface area contributed by atoms with Crippen LogP contribution < -0.4 is 0 Å². The van der Waals surface area contributed by atoms with Crippen LogP contribution in [-0.2, 0) is 18.3 Å². The number of aliphatic hydroxyl groups is 1.